The lowest BCUT2D eigenvalue weighted by Crippen LogP contribution is -1.94. The first-order valence-electron chi connectivity index (χ1n) is 4.53. The molecular formula is C12H16O. The molecule has 0 amide bonds. The monoisotopic (exact) mass is 176 g/mol. The lowest BCUT2D eigenvalue weighted by Gasteiger charge is -2.04. The predicted molar refractivity (Wildman–Crippen MR) is 56.5 cm³/mol. The molecule has 0 radical (unpaired) electrons. The Balaban J connectivity index is 2.95. The summed E-state index contributed by atoms with van der Waals surface area (Å²) in [5.41, 5.74) is 3.55. The standard InChI is InChI=1S/C12H16O/c1-9-5-4-6-12(7-9)10(2)8-11(3)13/h4-8,11,13H,1-3H3/b10-8-. The third-order valence-corrected chi connectivity index (χ3v) is 1.96. The third-order valence-electron chi connectivity index (χ3n) is 1.96. The highest BCUT2D eigenvalue weighted by molar-refractivity contribution is 5.64. The summed E-state index contributed by atoms with van der Waals surface area (Å²) in [7, 11) is 0. The molecule has 0 saturated carbocycles. The maximum absolute atomic E-state index is 9.18. The zero-order valence-corrected chi connectivity index (χ0v) is 8.41. The van der Waals surface area contributed by atoms with E-state index in [9.17, 15) is 5.11 Å². The summed E-state index contributed by atoms with van der Waals surface area (Å²) >= 11 is 0. The average Bonchev–Trinajstić information content (AvgIpc) is 2.03. The van der Waals surface area contributed by atoms with E-state index in [1.54, 1.807) is 6.92 Å². The number of allylic oxidation sites excluding steroid dienone is 1. The van der Waals surface area contributed by atoms with Crippen molar-refractivity contribution >= 4 is 5.57 Å². The van der Waals surface area contributed by atoms with E-state index in [0.29, 0.717) is 0 Å². The molecule has 0 aliphatic heterocycles. The SMILES string of the molecule is C/C(=C/C(C)O)c1cccc(C)c1. The summed E-state index contributed by atoms with van der Waals surface area (Å²) in [4.78, 5) is 0. The highest BCUT2D eigenvalue weighted by atomic mass is 16.3. The molecule has 0 aromatic heterocycles. The average molecular weight is 176 g/mol. The Labute approximate surface area is 79.7 Å². The fourth-order valence-corrected chi connectivity index (χ4v) is 1.35. The number of aryl methyl sites for hydroxylation is 1. The third kappa shape index (κ3) is 3.03. The smallest absolute Gasteiger partial charge is 0.0698 e. The second kappa shape index (κ2) is 4.24. The first-order valence-corrected chi connectivity index (χ1v) is 4.53. The van der Waals surface area contributed by atoms with Crippen LogP contribution in [0.1, 0.15) is 25.0 Å². The molecule has 0 heterocycles. The molecular weight excluding hydrogens is 160 g/mol. The molecule has 1 N–H and O–H groups in total. The van der Waals surface area contributed by atoms with E-state index in [-0.39, 0.29) is 6.10 Å². The Hall–Kier alpha value is -1.08. The second-order valence-corrected chi connectivity index (χ2v) is 3.46. The predicted octanol–water partition coefficient (Wildman–Crippen LogP) is 2.78. The Morgan fingerprint density at radius 2 is 2.15 bits per heavy atom. The molecule has 1 aromatic carbocycles. The van der Waals surface area contributed by atoms with Gasteiger partial charge in [0.1, 0.15) is 0 Å². The van der Waals surface area contributed by atoms with E-state index in [4.69, 9.17) is 0 Å². The molecule has 0 spiro atoms. The molecule has 0 fully saturated rings. The van der Waals surface area contributed by atoms with Gasteiger partial charge in [0.2, 0.25) is 0 Å². The lowest BCUT2D eigenvalue weighted by molar-refractivity contribution is 0.244. The number of hydrogen-bond donors (Lipinski definition) is 1. The Bertz CT molecular complexity index is 311. The summed E-state index contributed by atoms with van der Waals surface area (Å²) in [5, 5.41) is 9.18. The lowest BCUT2D eigenvalue weighted by atomic mass is 10.0. The van der Waals surface area contributed by atoms with Crippen molar-refractivity contribution in [3.05, 3.63) is 41.5 Å². The van der Waals surface area contributed by atoms with E-state index in [2.05, 4.69) is 25.1 Å². The molecule has 1 aromatic rings. The van der Waals surface area contributed by atoms with Crippen LogP contribution in [0.2, 0.25) is 0 Å². The van der Waals surface area contributed by atoms with Crippen molar-refractivity contribution in [3.8, 4) is 0 Å². The Kier molecular flexibility index (Phi) is 3.26. The van der Waals surface area contributed by atoms with Gasteiger partial charge in [0.05, 0.1) is 6.10 Å². The molecule has 0 bridgehead atoms. The Morgan fingerprint density at radius 1 is 1.46 bits per heavy atom. The molecule has 1 atom stereocenters. The molecule has 1 rings (SSSR count). The summed E-state index contributed by atoms with van der Waals surface area (Å²) < 4.78 is 0. The van der Waals surface area contributed by atoms with Gasteiger partial charge < -0.3 is 5.11 Å². The van der Waals surface area contributed by atoms with Crippen LogP contribution in [0.25, 0.3) is 5.57 Å². The maximum atomic E-state index is 9.18. The van der Waals surface area contributed by atoms with Gasteiger partial charge in [-0.3, -0.25) is 0 Å². The van der Waals surface area contributed by atoms with E-state index in [1.807, 2.05) is 19.1 Å². The zero-order chi connectivity index (χ0) is 9.84. The van der Waals surface area contributed by atoms with E-state index < -0.39 is 0 Å². The van der Waals surface area contributed by atoms with Crippen molar-refractivity contribution in [1.82, 2.24) is 0 Å². The van der Waals surface area contributed by atoms with Crippen LogP contribution in [0, 0.1) is 6.92 Å². The van der Waals surface area contributed by atoms with Gasteiger partial charge in [-0.2, -0.15) is 0 Å². The van der Waals surface area contributed by atoms with Crippen LogP contribution < -0.4 is 0 Å². The van der Waals surface area contributed by atoms with Crippen LogP contribution in [-0.4, -0.2) is 11.2 Å². The zero-order valence-electron chi connectivity index (χ0n) is 8.41. The first kappa shape index (κ1) is 10.0. The fraction of sp³-hybridized carbons (Fsp3) is 0.333. The van der Waals surface area contributed by atoms with Gasteiger partial charge in [0.15, 0.2) is 0 Å². The number of benzene rings is 1. The molecule has 1 unspecified atom stereocenters. The van der Waals surface area contributed by atoms with Gasteiger partial charge in [-0.1, -0.05) is 35.9 Å². The van der Waals surface area contributed by atoms with Crippen molar-refractivity contribution in [3.63, 3.8) is 0 Å². The number of hydrogen-bond acceptors (Lipinski definition) is 1. The van der Waals surface area contributed by atoms with Crippen molar-refractivity contribution < 1.29 is 5.11 Å². The van der Waals surface area contributed by atoms with Gasteiger partial charge in [0, 0.05) is 0 Å². The molecule has 70 valence electrons. The molecule has 13 heavy (non-hydrogen) atoms. The normalized spacial score (nSPS) is 14.3. The quantitative estimate of drug-likeness (QED) is 0.734. The minimum atomic E-state index is -0.375. The topological polar surface area (TPSA) is 20.2 Å². The highest BCUT2D eigenvalue weighted by Crippen LogP contribution is 2.15. The highest BCUT2D eigenvalue weighted by Gasteiger charge is 1.97. The number of aliphatic hydroxyl groups excluding tert-OH is 1. The summed E-state index contributed by atoms with van der Waals surface area (Å²) in [5.74, 6) is 0. The second-order valence-electron chi connectivity index (χ2n) is 3.46. The van der Waals surface area contributed by atoms with Gasteiger partial charge >= 0.3 is 0 Å². The molecule has 1 heteroatoms. The van der Waals surface area contributed by atoms with Crippen LogP contribution >= 0.6 is 0 Å². The van der Waals surface area contributed by atoms with E-state index in [0.717, 1.165) is 5.57 Å². The summed E-state index contributed by atoms with van der Waals surface area (Å²) in [6, 6.07) is 8.28. The van der Waals surface area contributed by atoms with Gasteiger partial charge in [-0.25, -0.2) is 0 Å². The van der Waals surface area contributed by atoms with Crippen LogP contribution in [0.5, 0.6) is 0 Å². The van der Waals surface area contributed by atoms with Crippen molar-refractivity contribution in [1.29, 1.82) is 0 Å². The minimum absolute atomic E-state index is 0.375. The van der Waals surface area contributed by atoms with E-state index >= 15 is 0 Å². The van der Waals surface area contributed by atoms with E-state index in [1.165, 1.54) is 11.1 Å². The molecule has 1 nitrogen and oxygen atoms in total. The van der Waals surface area contributed by atoms with Crippen LogP contribution in [0.4, 0.5) is 0 Å². The first-order chi connectivity index (χ1) is 6.09. The van der Waals surface area contributed by atoms with Crippen LogP contribution in [0.15, 0.2) is 30.3 Å². The maximum Gasteiger partial charge on any atom is 0.0698 e. The molecule has 0 aliphatic rings. The summed E-state index contributed by atoms with van der Waals surface area (Å²) in [6.07, 6.45) is 1.48. The van der Waals surface area contributed by atoms with Crippen LogP contribution in [0.3, 0.4) is 0 Å². The van der Waals surface area contributed by atoms with Gasteiger partial charge in [-0.15, -0.1) is 0 Å². The number of aliphatic hydroxyl groups is 1. The van der Waals surface area contributed by atoms with Crippen molar-refractivity contribution in [2.75, 3.05) is 0 Å². The molecule has 0 saturated heterocycles. The minimum Gasteiger partial charge on any atom is -0.389 e. The van der Waals surface area contributed by atoms with Crippen molar-refractivity contribution in [2.45, 2.75) is 26.9 Å². The molecule has 0 aliphatic carbocycles. The van der Waals surface area contributed by atoms with Crippen LogP contribution in [-0.2, 0) is 0 Å². The largest absolute Gasteiger partial charge is 0.389 e. The van der Waals surface area contributed by atoms with Gasteiger partial charge in [-0.05, 0) is 31.9 Å². The van der Waals surface area contributed by atoms with Crippen molar-refractivity contribution in [2.24, 2.45) is 0 Å². The Morgan fingerprint density at radius 3 is 2.69 bits per heavy atom. The number of rotatable bonds is 2. The van der Waals surface area contributed by atoms with Gasteiger partial charge in [0.25, 0.3) is 0 Å². The fourth-order valence-electron chi connectivity index (χ4n) is 1.35. The summed E-state index contributed by atoms with van der Waals surface area (Å²) in [6.45, 7) is 5.85.